The summed E-state index contributed by atoms with van der Waals surface area (Å²) in [6, 6.07) is 0. The molecule has 2 nitrogen and oxygen atoms in total. The van der Waals surface area contributed by atoms with Crippen LogP contribution in [0.2, 0.25) is 0 Å². The Morgan fingerprint density at radius 3 is 2.33 bits per heavy atom. The second-order valence-corrected chi connectivity index (χ2v) is 5.69. The SMILES string of the molecule is CC1CCC(CNC(=O)C2CC2C)CC1. The Labute approximate surface area is 92.8 Å². The third kappa shape index (κ3) is 2.96. The van der Waals surface area contributed by atoms with Gasteiger partial charge in [-0.15, -0.1) is 0 Å². The molecule has 0 aliphatic heterocycles. The standard InChI is InChI=1S/C13H23NO/c1-9-3-5-11(6-4-9)8-14-13(15)12-7-10(12)2/h9-12H,3-8H2,1-2H3,(H,14,15). The molecule has 0 bridgehead atoms. The second-order valence-electron chi connectivity index (χ2n) is 5.69. The summed E-state index contributed by atoms with van der Waals surface area (Å²) in [5.74, 6) is 2.93. The van der Waals surface area contributed by atoms with E-state index in [1.807, 2.05) is 0 Å². The van der Waals surface area contributed by atoms with Crippen LogP contribution in [0.1, 0.15) is 46.0 Å². The van der Waals surface area contributed by atoms with E-state index >= 15 is 0 Å². The summed E-state index contributed by atoms with van der Waals surface area (Å²) < 4.78 is 0. The van der Waals surface area contributed by atoms with Gasteiger partial charge < -0.3 is 5.32 Å². The highest BCUT2D eigenvalue weighted by Gasteiger charge is 2.39. The molecule has 2 saturated carbocycles. The predicted octanol–water partition coefficient (Wildman–Crippen LogP) is 2.58. The van der Waals surface area contributed by atoms with Gasteiger partial charge in [-0.05, 0) is 37.0 Å². The van der Waals surface area contributed by atoms with Crippen molar-refractivity contribution in [3.8, 4) is 0 Å². The maximum absolute atomic E-state index is 11.6. The average molecular weight is 209 g/mol. The van der Waals surface area contributed by atoms with Gasteiger partial charge in [-0.3, -0.25) is 4.79 Å². The topological polar surface area (TPSA) is 29.1 Å². The second kappa shape index (κ2) is 4.54. The molecular weight excluding hydrogens is 186 g/mol. The molecule has 1 N–H and O–H groups in total. The van der Waals surface area contributed by atoms with Crippen molar-refractivity contribution < 1.29 is 4.79 Å². The fourth-order valence-electron chi connectivity index (χ4n) is 2.60. The molecule has 0 aromatic carbocycles. The van der Waals surface area contributed by atoms with Crippen LogP contribution in [-0.4, -0.2) is 12.5 Å². The van der Waals surface area contributed by atoms with Crippen molar-refractivity contribution in [1.29, 1.82) is 0 Å². The molecule has 2 aliphatic rings. The van der Waals surface area contributed by atoms with Gasteiger partial charge >= 0.3 is 0 Å². The van der Waals surface area contributed by atoms with Crippen molar-refractivity contribution in [1.82, 2.24) is 5.32 Å². The summed E-state index contributed by atoms with van der Waals surface area (Å²) in [6.07, 6.45) is 6.41. The highest BCUT2D eigenvalue weighted by Crippen LogP contribution is 2.37. The van der Waals surface area contributed by atoms with Crippen molar-refractivity contribution in [2.75, 3.05) is 6.54 Å². The lowest BCUT2D eigenvalue weighted by molar-refractivity contribution is -0.122. The van der Waals surface area contributed by atoms with Crippen molar-refractivity contribution >= 4 is 5.91 Å². The molecule has 2 atom stereocenters. The van der Waals surface area contributed by atoms with E-state index in [1.54, 1.807) is 0 Å². The number of carbonyl (C=O) groups is 1. The Morgan fingerprint density at radius 1 is 1.20 bits per heavy atom. The summed E-state index contributed by atoms with van der Waals surface area (Å²) in [4.78, 5) is 11.6. The summed E-state index contributed by atoms with van der Waals surface area (Å²) in [7, 11) is 0. The van der Waals surface area contributed by atoms with Crippen molar-refractivity contribution in [2.45, 2.75) is 46.0 Å². The van der Waals surface area contributed by atoms with Gasteiger partial charge in [-0.2, -0.15) is 0 Å². The molecule has 0 radical (unpaired) electrons. The molecule has 2 heteroatoms. The average Bonchev–Trinajstić information content (AvgIpc) is 2.94. The zero-order valence-corrected chi connectivity index (χ0v) is 9.96. The van der Waals surface area contributed by atoms with Crippen LogP contribution in [0.3, 0.4) is 0 Å². The fraction of sp³-hybridized carbons (Fsp3) is 0.923. The van der Waals surface area contributed by atoms with Crippen molar-refractivity contribution in [3.05, 3.63) is 0 Å². The molecule has 0 aromatic heterocycles. The zero-order valence-electron chi connectivity index (χ0n) is 9.96. The molecular formula is C13H23NO. The van der Waals surface area contributed by atoms with Gasteiger partial charge in [0, 0.05) is 12.5 Å². The first-order chi connectivity index (χ1) is 7.16. The summed E-state index contributed by atoms with van der Waals surface area (Å²) >= 11 is 0. The molecule has 2 unspecified atom stereocenters. The highest BCUT2D eigenvalue weighted by molar-refractivity contribution is 5.81. The van der Waals surface area contributed by atoms with Gasteiger partial charge in [0.15, 0.2) is 0 Å². The van der Waals surface area contributed by atoms with E-state index in [-0.39, 0.29) is 0 Å². The van der Waals surface area contributed by atoms with Crippen molar-refractivity contribution in [2.24, 2.45) is 23.7 Å². The Bertz CT molecular complexity index is 231. The molecule has 86 valence electrons. The third-order valence-corrected chi connectivity index (χ3v) is 4.15. The molecule has 2 rings (SSSR count). The predicted molar refractivity (Wildman–Crippen MR) is 61.4 cm³/mol. The van der Waals surface area contributed by atoms with Crippen LogP contribution in [0.25, 0.3) is 0 Å². The van der Waals surface area contributed by atoms with Crippen LogP contribution in [0.5, 0.6) is 0 Å². The number of carbonyl (C=O) groups excluding carboxylic acids is 1. The lowest BCUT2D eigenvalue weighted by Gasteiger charge is -2.26. The van der Waals surface area contributed by atoms with E-state index in [4.69, 9.17) is 0 Å². The summed E-state index contributed by atoms with van der Waals surface area (Å²) in [6.45, 7) is 5.42. The molecule has 15 heavy (non-hydrogen) atoms. The Kier molecular flexibility index (Phi) is 3.32. The largest absolute Gasteiger partial charge is 0.356 e. The van der Waals surface area contributed by atoms with Crippen LogP contribution in [-0.2, 0) is 4.79 Å². The van der Waals surface area contributed by atoms with Gasteiger partial charge in [0.05, 0.1) is 0 Å². The van der Waals surface area contributed by atoms with Crippen LogP contribution in [0, 0.1) is 23.7 Å². The van der Waals surface area contributed by atoms with E-state index in [0.29, 0.717) is 17.7 Å². The number of hydrogen-bond donors (Lipinski definition) is 1. The third-order valence-electron chi connectivity index (χ3n) is 4.15. The fourth-order valence-corrected chi connectivity index (χ4v) is 2.60. The normalized spacial score (nSPS) is 39.9. The highest BCUT2D eigenvalue weighted by atomic mass is 16.2. The van der Waals surface area contributed by atoms with Gasteiger partial charge in [-0.1, -0.05) is 26.7 Å². The van der Waals surface area contributed by atoms with E-state index in [2.05, 4.69) is 19.2 Å². The van der Waals surface area contributed by atoms with Crippen LogP contribution >= 0.6 is 0 Å². The van der Waals surface area contributed by atoms with Gasteiger partial charge in [0.1, 0.15) is 0 Å². The molecule has 2 aliphatic carbocycles. The molecule has 0 saturated heterocycles. The maximum Gasteiger partial charge on any atom is 0.223 e. The number of rotatable bonds is 3. The summed E-state index contributed by atoms with van der Waals surface area (Å²) in [5.41, 5.74) is 0. The molecule has 1 amide bonds. The van der Waals surface area contributed by atoms with Crippen LogP contribution < -0.4 is 5.32 Å². The molecule has 0 aromatic rings. The number of nitrogens with one attached hydrogen (secondary N) is 1. The first kappa shape index (κ1) is 11.0. The number of hydrogen-bond acceptors (Lipinski definition) is 1. The van der Waals surface area contributed by atoms with Gasteiger partial charge in [-0.25, -0.2) is 0 Å². The van der Waals surface area contributed by atoms with E-state index in [0.717, 1.165) is 24.8 Å². The monoisotopic (exact) mass is 209 g/mol. The minimum atomic E-state index is 0.307. The van der Waals surface area contributed by atoms with Crippen LogP contribution in [0.4, 0.5) is 0 Å². The Hall–Kier alpha value is -0.530. The Balaban J connectivity index is 1.63. The van der Waals surface area contributed by atoms with Crippen molar-refractivity contribution in [3.63, 3.8) is 0 Å². The van der Waals surface area contributed by atoms with E-state index in [1.165, 1.54) is 25.7 Å². The zero-order chi connectivity index (χ0) is 10.8. The lowest BCUT2D eigenvalue weighted by atomic mass is 9.83. The first-order valence-electron chi connectivity index (χ1n) is 6.44. The quantitative estimate of drug-likeness (QED) is 0.760. The van der Waals surface area contributed by atoms with Gasteiger partial charge in [0.25, 0.3) is 0 Å². The minimum Gasteiger partial charge on any atom is -0.356 e. The lowest BCUT2D eigenvalue weighted by Crippen LogP contribution is -2.32. The van der Waals surface area contributed by atoms with E-state index in [9.17, 15) is 4.79 Å². The number of amides is 1. The summed E-state index contributed by atoms with van der Waals surface area (Å²) in [5, 5.41) is 3.12. The minimum absolute atomic E-state index is 0.307. The van der Waals surface area contributed by atoms with Gasteiger partial charge in [0.2, 0.25) is 5.91 Å². The van der Waals surface area contributed by atoms with E-state index < -0.39 is 0 Å². The smallest absolute Gasteiger partial charge is 0.223 e. The first-order valence-corrected chi connectivity index (χ1v) is 6.44. The van der Waals surface area contributed by atoms with Crippen LogP contribution in [0.15, 0.2) is 0 Å². The Morgan fingerprint density at radius 2 is 1.80 bits per heavy atom. The molecule has 0 heterocycles. The molecule has 2 fully saturated rings. The maximum atomic E-state index is 11.6. The molecule has 0 spiro atoms.